The van der Waals surface area contributed by atoms with Crippen LogP contribution in [0.1, 0.15) is 30.0 Å². The van der Waals surface area contributed by atoms with Gasteiger partial charge >= 0.3 is 0 Å². The highest BCUT2D eigenvalue weighted by Gasteiger charge is 2.30. The molecule has 1 unspecified atom stereocenters. The molecule has 0 radical (unpaired) electrons. The maximum atomic E-state index is 12.5. The molecule has 1 amide bonds. The summed E-state index contributed by atoms with van der Waals surface area (Å²) in [6, 6.07) is 5.64. The normalized spacial score (nSPS) is 12.7. The summed E-state index contributed by atoms with van der Waals surface area (Å²) >= 11 is 0. The second-order valence-corrected chi connectivity index (χ2v) is 6.13. The van der Waals surface area contributed by atoms with Crippen molar-refractivity contribution in [1.29, 1.82) is 5.26 Å². The summed E-state index contributed by atoms with van der Waals surface area (Å²) in [6.45, 7) is 5.85. The minimum absolute atomic E-state index is 0.0240. The van der Waals surface area contributed by atoms with Gasteiger partial charge in [0, 0.05) is 12.1 Å². The molecule has 1 rings (SSSR count). The topological polar surface area (TPSA) is 52.9 Å². The lowest BCUT2D eigenvalue weighted by Gasteiger charge is -2.32. The lowest BCUT2D eigenvalue weighted by molar-refractivity contribution is -0.886. The van der Waals surface area contributed by atoms with Crippen LogP contribution in [0.2, 0.25) is 0 Å². The zero-order chi connectivity index (χ0) is 15.5. The summed E-state index contributed by atoms with van der Waals surface area (Å²) in [5, 5.41) is 12.0. The van der Waals surface area contributed by atoms with Gasteiger partial charge in [-0.2, -0.15) is 5.26 Å². The van der Waals surface area contributed by atoms with E-state index in [2.05, 4.69) is 11.4 Å². The van der Waals surface area contributed by atoms with E-state index in [9.17, 15) is 4.79 Å². The zero-order valence-electron chi connectivity index (χ0n) is 13.2. The van der Waals surface area contributed by atoms with Crippen LogP contribution in [0.25, 0.3) is 0 Å². The van der Waals surface area contributed by atoms with E-state index in [0.29, 0.717) is 10.0 Å². The maximum Gasteiger partial charge on any atom is 0.282 e. The van der Waals surface area contributed by atoms with Gasteiger partial charge in [-0.15, -0.1) is 0 Å². The Hall–Kier alpha value is -1.86. The summed E-state index contributed by atoms with van der Waals surface area (Å²) in [5.74, 6) is 0.0240. The molecule has 0 fully saturated rings. The van der Waals surface area contributed by atoms with Crippen LogP contribution in [0.15, 0.2) is 12.1 Å². The van der Waals surface area contributed by atoms with Gasteiger partial charge in [-0.3, -0.25) is 4.79 Å². The van der Waals surface area contributed by atoms with Gasteiger partial charge in [-0.1, -0.05) is 6.92 Å². The SMILES string of the molecule is CCC(C(=O)Nc1c(C)cc(C#N)cc1C)[N+](C)(C)C. The van der Waals surface area contributed by atoms with E-state index in [1.165, 1.54) is 0 Å². The quantitative estimate of drug-likeness (QED) is 0.858. The molecule has 0 saturated heterocycles. The van der Waals surface area contributed by atoms with Crippen LogP contribution in [-0.2, 0) is 4.79 Å². The standard InChI is InChI=1S/C16H23N3O/c1-7-14(19(4,5)6)16(20)18-15-11(2)8-13(10-17)9-12(15)3/h8-9,14H,7H2,1-6H3/p+1. The molecule has 1 N–H and O–H groups in total. The minimum Gasteiger partial charge on any atom is -0.321 e. The number of likely N-dealkylation sites (N-methyl/N-ethyl adjacent to an activating group) is 1. The Morgan fingerprint density at radius 1 is 1.30 bits per heavy atom. The highest BCUT2D eigenvalue weighted by atomic mass is 16.2. The first kappa shape index (κ1) is 16.2. The average molecular weight is 274 g/mol. The van der Waals surface area contributed by atoms with Crippen molar-refractivity contribution in [2.75, 3.05) is 26.5 Å². The Morgan fingerprint density at radius 2 is 1.80 bits per heavy atom. The molecular weight excluding hydrogens is 250 g/mol. The van der Waals surface area contributed by atoms with Gasteiger partial charge in [0.1, 0.15) is 0 Å². The van der Waals surface area contributed by atoms with Crippen LogP contribution in [0.4, 0.5) is 5.69 Å². The lowest BCUT2D eigenvalue weighted by atomic mass is 10.0. The van der Waals surface area contributed by atoms with Crippen LogP contribution in [0.5, 0.6) is 0 Å². The van der Waals surface area contributed by atoms with E-state index < -0.39 is 0 Å². The predicted molar refractivity (Wildman–Crippen MR) is 81.4 cm³/mol. The molecule has 0 aliphatic heterocycles. The van der Waals surface area contributed by atoms with Crippen molar-refractivity contribution < 1.29 is 9.28 Å². The number of anilines is 1. The largest absolute Gasteiger partial charge is 0.321 e. The highest BCUT2D eigenvalue weighted by Crippen LogP contribution is 2.23. The predicted octanol–water partition coefficient (Wildman–Crippen LogP) is 2.60. The van der Waals surface area contributed by atoms with Crippen LogP contribution in [0.3, 0.4) is 0 Å². The molecule has 1 atom stereocenters. The number of quaternary nitrogens is 1. The fraction of sp³-hybridized carbons (Fsp3) is 0.500. The van der Waals surface area contributed by atoms with Crippen LogP contribution < -0.4 is 5.32 Å². The van der Waals surface area contributed by atoms with Gasteiger partial charge in [0.25, 0.3) is 5.91 Å². The Morgan fingerprint density at radius 3 is 2.15 bits per heavy atom. The van der Waals surface area contributed by atoms with Crippen molar-refractivity contribution in [3.63, 3.8) is 0 Å². The number of hydrogen-bond donors (Lipinski definition) is 1. The fourth-order valence-electron chi connectivity index (χ4n) is 2.52. The number of carbonyl (C=O) groups excluding carboxylic acids is 1. The second-order valence-electron chi connectivity index (χ2n) is 6.13. The third-order valence-corrected chi connectivity index (χ3v) is 3.53. The summed E-state index contributed by atoms with van der Waals surface area (Å²) in [7, 11) is 6.06. The van der Waals surface area contributed by atoms with Crippen LogP contribution >= 0.6 is 0 Å². The van der Waals surface area contributed by atoms with Crippen molar-refractivity contribution in [2.45, 2.75) is 33.2 Å². The lowest BCUT2D eigenvalue weighted by Crippen LogP contribution is -2.51. The molecule has 0 saturated carbocycles. The molecule has 20 heavy (non-hydrogen) atoms. The minimum atomic E-state index is -0.0931. The molecule has 0 spiro atoms. The summed E-state index contributed by atoms with van der Waals surface area (Å²) < 4.78 is 0.594. The van der Waals surface area contributed by atoms with Crippen molar-refractivity contribution >= 4 is 11.6 Å². The molecule has 0 aromatic heterocycles. The van der Waals surface area contributed by atoms with E-state index in [-0.39, 0.29) is 11.9 Å². The summed E-state index contributed by atoms with van der Waals surface area (Å²) in [5.41, 5.74) is 3.29. The van der Waals surface area contributed by atoms with E-state index in [0.717, 1.165) is 23.2 Å². The van der Waals surface area contributed by atoms with Gasteiger partial charge in [0.05, 0.1) is 32.8 Å². The van der Waals surface area contributed by atoms with Gasteiger partial charge in [0.15, 0.2) is 6.04 Å². The first-order chi connectivity index (χ1) is 9.20. The second kappa shape index (κ2) is 6.06. The number of benzene rings is 1. The number of nitrogens with one attached hydrogen (secondary N) is 1. The number of nitrogens with zero attached hydrogens (tertiary/aromatic N) is 2. The Kier molecular flexibility index (Phi) is 4.91. The molecule has 108 valence electrons. The monoisotopic (exact) mass is 274 g/mol. The average Bonchev–Trinajstić information content (AvgIpc) is 2.32. The first-order valence-electron chi connectivity index (χ1n) is 6.84. The number of rotatable bonds is 4. The van der Waals surface area contributed by atoms with Crippen LogP contribution in [-0.4, -0.2) is 37.6 Å². The number of amides is 1. The third kappa shape index (κ3) is 3.58. The summed E-state index contributed by atoms with van der Waals surface area (Å²) in [4.78, 5) is 12.5. The van der Waals surface area contributed by atoms with E-state index in [4.69, 9.17) is 5.26 Å². The van der Waals surface area contributed by atoms with Crippen molar-refractivity contribution in [2.24, 2.45) is 0 Å². The van der Waals surface area contributed by atoms with Crippen molar-refractivity contribution in [1.82, 2.24) is 0 Å². The van der Waals surface area contributed by atoms with E-state index in [1.807, 2.05) is 41.9 Å². The smallest absolute Gasteiger partial charge is 0.282 e. The molecule has 0 aliphatic rings. The molecule has 0 aliphatic carbocycles. The van der Waals surface area contributed by atoms with E-state index in [1.54, 1.807) is 12.1 Å². The van der Waals surface area contributed by atoms with Crippen molar-refractivity contribution in [3.05, 3.63) is 28.8 Å². The number of hydrogen-bond acceptors (Lipinski definition) is 2. The van der Waals surface area contributed by atoms with Gasteiger partial charge < -0.3 is 9.80 Å². The molecule has 4 heteroatoms. The molecule has 0 bridgehead atoms. The van der Waals surface area contributed by atoms with Gasteiger partial charge in [0.2, 0.25) is 0 Å². The Labute approximate surface area is 121 Å². The third-order valence-electron chi connectivity index (χ3n) is 3.53. The Balaban J connectivity index is 3.06. The van der Waals surface area contributed by atoms with Crippen molar-refractivity contribution in [3.8, 4) is 6.07 Å². The van der Waals surface area contributed by atoms with Gasteiger partial charge in [-0.25, -0.2) is 0 Å². The summed E-state index contributed by atoms with van der Waals surface area (Å²) in [6.07, 6.45) is 0.781. The molecule has 1 aromatic carbocycles. The molecular formula is C16H24N3O+. The number of aryl methyl sites for hydroxylation is 2. The first-order valence-corrected chi connectivity index (χ1v) is 6.84. The molecule has 1 aromatic rings. The highest BCUT2D eigenvalue weighted by molar-refractivity contribution is 5.95. The number of carbonyl (C=O) groups is 1. The van der Waals surface area contributed by atoms with Crippen LogP contribution in [0, 0.1) is 25.2 Å². The maximum absolute atomic E-state index is 12.5. The Bertz CT molecular complexity index is 527. The van der Waals surface area contributed by atoms with Gasteiger partial charge in [-0.05, 0) is 37.1 Å². The zero-order valence-corrected chi connectivity index (χ0v) is 13.2. The fourth-order valence-corrected chi connectivity index (χ4v) is 2.52. The van der Waals surface area contributed by atoms with E-state index >= 15 is 0 Å². The number of nitriles is 1. The molecule has 4 nitrogen and oxygen atoms in total. The molecule has 0 heterocycles.